The van der Waals surface area contributed by atoms with Crippen molar-refractivity contribution in [3.63, 3.8) is 0 Å². The van der Waals surface area contributed by atoms with E-state index in [9.17, 15) is 14.0 Å². The summed E-state index contributed by atoms with van der Waals surface area (Å²) in [6, 6.07) is 10.2. The van der Waals surface area contributed by atoms with E-state index in [0.29, 0.717) is 24.2 Å². The smallest absolute Gasteiger partial charge is 0.335 e. The molecule has 8 heteroatoms. The van der Waals surface area contributed by atoms with Gasteiger partial charge in [-0.3, -0.25) is 0 Å². The molecule has 3 rings (SSSR count). The van der Waals surface area contributed by atoms with Gasteiger partial charge in [-0.2, -0.15) is 0 Å². The van der Waals surface area contributed by atoms with Gasteiger partial charge in [0.25, 0.3) is 0 Å². The van der Waals surface area contributed by atoms with Crippen molar-refractivity contribution in [2.75, 3.05) is 11.9 Å². The maximum absolute atomic E-state index is 13.2. The lowest BCUT2D eigenvalue weighted by molar-refractivity contribution is 0.0697. The van der Waals surface area contributed by atoms with Crippen molar-refractivity contribution < 1.29 is 19.1 Å². The number of amides is 2. The molecule has 146 valence electrons. The van der Waals surface area contributed by atoms with Gasteiger partial charge in [-0.25, -0.2) is 19.0 Å². The Kier molecular flexibility index (Phi) is 5.58. The van der Waals surface area contributed by atoms with Crippen molar-refractivity contribution in [2.45, 2.75) is 26.3 Å². The number of nitrogens with one attached hydrogen (secondary N) is 2. The van der Waals surface area contributed by atoms with E-state index in [1.165, 1.54) is 18.2 Å². The Balaban J connectivity index is 1.70. The maximum atomic E-state index is 13.2. The molecule has 7 nitrogen and oxygen atoms in total. The van der Waals surface area contributed by atoms with E-state index in [0.717, 1.165) is 11.3 Å². The zero-order valence-corrected chi connectivity index (χ0v) is 15.6. The number of halogens is 1. The summed E-state index contributed by atoms with van der Waals surface area (Å²) in [6.07, 6.45) is 0.464. The second-order valence-electron chi connectivity index (χ2n) is 6.64. The average molecular weight is 384 g/mol. The molecule has 0 unspecified atom stereocenters. The first kappa shape index (κ1) is 19.3. The number of hydrogen-bond donors (Lipinski definition) is 3. The standard InChI is InChI=1S/C20H21FN4O3/c1-12(2)25-17-7-6-13(19(26)27)10-16(17)24-18(25)8-9-22-20(28)23-15-5-3-4-14(21)11-15/h3-7,10-12H,8-9H2,1-2H3,(H,26,27)(H2,22,23,28). The molecule has 0 fully saturated rings. The van der Waals surface area contributed by atoms with Gasteiger partial charge in [0.1, 0.15) is 11.6 Å². The fourth-order valence-corrected chi connectivity index (χ4v) is 3.06. The average Bonchev–Trinajstić information content (AvgIpc) is 2.99. The molecule has 0 saturated carbocycles. The molecule has 0 bridgehead atoms. The van der Waals surface area contributed by atoms with Gasteiger partial charge in [0.2, 0.25) is 0 Å². The van der Waals surface area contributed by atoms with Gasteiger partial charge < -0.3 is 20.3 Å². The summed E-state index contributed by atoms with van der Waals surface area (Å²) in [4.78, 5) is 27.7. The number of fused-ring (bicyclic) bond motifs is 1. The summed E-state index contributed by atoms with van der Waals surface area (Å²) >= 11 is 0. The van der Waals surface area contributed by atoms with Crippen molar-refractivity contribution >= 4 is 28.7 Å². The Bertz CT molecular complexity index is 1030. The number of anilines is 1. The molecule has 2 amide bonds. The molecule has 0 spiro atoms. The van der Waals surface area contributed by atoms with E-state index >= 15 is 0 Å². The third-order valence-electron chi connectivity index (χ3n) is 4.24. The lowest BCUT2D eigenvalue weighted by Gasteiger charge is -2.13. The van der Waals surface area contributed by atoms with Gasteiger partial charge in [0.15, 0.2) is 0 Å². The number of aromatic carboxylic acids is 1. The number of benzene rings is 2. The van der Waals surface area contributed by atoms with Gasteiger partial charge in [-0.1, -0.05) is 6.07 Å². The second-order valence-corrected chi connectivity index (χ2v) is 6.64. The second kappa shape index (κ2) is 8.08. The molecule has 1 aromatic heterocycles. The Morgan fingerprint density at radius 2 is 2.00 bits per heavy atom. The highest BCUT2D eigenvalue weighted by atomic mass is 19.1. The van der Waals surface area contributed by atoms with Crippen molar-refractivity contribution in [3.8, 4) is 0 Å². The number of rotatable bonds is 6. The zero-order valence-electron chi connectivity index (χ0n) is 15.6. The molecule has 0 atom stereocenters. The van der Waals surface area contributed by atoms with Crippen LogP contribution in [-0.4, -0.2) is 33.2 Å². The van der Waals surface area contributed by atoms with Gasteiger partial charge in [0, 0.05) is 24.7 Å². The summed E-state index contributed by atoms with van der Waals surface area (Å²) < 4.78 is 15.2. The molecule has 0 saturated heterocycles. The van der Waals surface area contributed by atoms with Crippen molar-refractivity contribution in [1.82, 2.24) is 14.9 Å². The quantitative estimate of drug-likeness (QED) is 0.602. The zero-order chi connectivity index (χ0) is 20.3. The van der Waals surface area contributed by atoms with Crippen LogP contribution in [-0.2, 0) is 6.42 Å². The van der Waals surface area contributed by atoms with Gasteiger partial charge in [-0.15, -0.1) is 0 Å². The molecule has 2 aromatic carbocycles. The molecule has 1 heterocycles. The number of nitrogens with zero attached hydrogens (tertiary/aromatic N) is 2. The van der Waals surface area contributed by atoms with E-state index in [4.69, 9.17) is 5.11 Å². The predicted octanol–water partition coefficient (Wildman–Crippen LogP) is 3.82. The highest BCUT2D eigenvalue weighted by Gasteiger charge is 2.15. The first-order valence-electron chi connectivity index (χ1n) is 8.89. The molecule has 3 N–H and O–H groups in total. The number of imidazole rings is 1. The number of urea groups is 1. The summed E-state index contributed by atoms with van der Waals surface area (Å²) in [5, 5.41) is 14.4. The maximum Gasteiger partial charge on any atom is 0.335 e. The van der Waals surface area contributed by atoms with Gasteiger partial charge in [0.05, 0.1) is 16.6 Å². The first-order chi connectivity index (χ1) is 13.3. The summed E-state index contributed by atoms with van der Waals surface area (Å²) in [6.45, 7) is 4.35. The minimum absolute atomic E-state index is 0.122. The monoisotopic (exact) mass is 384 g/mol. The summed E-state index contributed by atoms with van der Waals surface area (Å²) in [5.74, 6) is -0.680. The third kappa shape index (κ3) is 4.28. The molecular formula is C20H21FN4O3. The van der Waals surface area contributed by atoms with Crippen molar-refractivity contribution in [3.05, 3.63) is 59.7 Å². The van der Waals surface area contributed by atoms with Crippen LogP contribution in [0.2, 0.25) is 0 Å². The fourth-order valence-electron chi connectivity index (χ4n) is 3.06. The van der Waals surface area contributed by atoms with Crippen LogP contribution in [0.1, 0.15) is 36.1 Å². The molecular weight excluding hydrogens is 363 g/mol. The molecule has 0 aliphatic rings. The summed E-state index contributed by atoms with van der Waals surface area (Å²) in [7, 11) is 0. The van der Waals surface area contributed by atoms with Gasteiger partial charge in [-0.05, 0) is 50.2 Å². The molecule has 0 aliphatic heterocycles. The van der Waals surface area contributed by atoms with Crippen LogP contribution in [0.3, 0.4) is 0 Å². The molecule has 0 radical (unpaired) electrons. The van der Waals surface area contributed by atoms with E-state index in [2.05, 4.69) is 15.6 Å². The Labute approximate surface area is 161 Å². The normalized spacial score (nSPS) is 11.0. The molecule has 28 heavy (non-hydrogen) atoms. The van der Waals surface area contributed by atoms with Gasteiger partial charge >= 0.3 is 12.0 Å². The number of carbonyl (C=O) groups excluding carboxylic acids is 1. The SMILES string of the molecule is CC(C)n1c(CCNC(=O)Nc2cccc(F)c2)nc2cc(C(=O)O)ccc21. The van der Waals surface area contributed by atoms with Crippen LogP contribution in [0.5, 0.6) is 0 Å². The van der Waals surface area contributed by atoms with E-state index in [-0.39, 0.29) is 11.6 Å². The van der Waals surface area contributed by atoms with Crippen molar-refractivity contribution in [2.24, 2.45) is 0 Å². The number of carboxylic acid groups (broad SMARTS) is 1. The van der Waals surface area contributed by atoms with Crippen LogP contribution in [0.15, 0.2) is 42.5 Å². The van der Waals surface area contributed by atoms with Crippen LogP contribution in [0.4, 0.5) is 14.9 Å². The molecule has 0 aliphatic carbocycles. The van der Waals surface area contributed by atoms with Crippen LogP contribution in [0.25, 0.3) is 11.0 Å². The lowest BCUT2D eigenvalue weighted by Crippen LogP contribution is -2.31. The van der Waals surface area contributed by atoms with Crippen molar-refractivity contribution in [1.29, 1.82) is 0 Å². The number of carbonyl (C=O) groups is 2. The molecule has 3 aromatic rings. The highest BCUT2D eigenvalue weighted by molar-refractivity contribution is 5.92. The summed E-state index contributed by atoms with van der Waals surface area (Å²) in [5.41, 5.74) is 2.00. The minimum Gasteiger partial charge on any atom is -0.478 e. The Morgan fingerprint density at radius 3 is 2.68 bits per heavy atom. The number of carboxylic acids is 1. The third-order valence-corrected chi connectivity index (χ3v) is 4.24. The van der Waals surface area contributed by atoms with E-state index in [1.807, 2.05) is 18.4 Å². The topological polar surface area (TPSA) is 96.3 Å². The lowest BCUT2D eigenvalue weighted by atomic mass is 10.2. The largest absolute Gasteiger partial charge is 0.478 e. The van der Waals surface area contributed by atoms with E-state index in [1.54, 1.807) is 24.3 Å². The number of aromatic nitrogens is 2. The minimum atomic E-state index is -1.00. The van der Waals surface area contributed by atoms with Crippen LogP contribution >= 0.6 is 0 Å². The first-order valence-corrected chi connectivity index (χ1v) is 8.89. The highest BCUT2D eigenvalue weighted by Crippen LogP contribution is 2.22. The Morgan fingerprint density at radius 1 is 1.21 bits per heavy atom. The van der Waals surface area contributed by atoms with E-state index < -0.39 is 17.8 Å². The predicted molar refractivity (Wildman–Crippen MR) is 104 cm³/mol. The fraction of sp³-hybridized carbons (Fsp3) is 0.250. The van der Waals surface area contributed by atoms with Crippen LogP contribution < -0.4 is 10.6 Å². The van der Waals surface area contributed by atoms with Crippen LogP contribution in [0, 0.1) is 5.82 Å². The Hall–Kier alpha value is -3.42. The number of hydrogen-bond acceptors (Lipinski definition) is 3.